The highest BCUT2D eigenvalue weighted by molar-refractivity contribution is 7.11. The van der Waals surface area contributed by atoms with Crippen LogP contribution in [0.4, 0.5) is 0 Å². The van der Waals surface area contributed by atoms with Crippen LogP contribution >= 0.6 is 11.3 Å². The predicted octanol–water partition coefficient (Wildman–Crippen LogP) is 2.99. The fraction of sp³-hybridized carbons (Fsp3) is 0.222. The van der Waals surface area contributed by atoms with Crippen LogP contribution in [0.5, 0.6) is 0 Å². The van der Waals surface area contributed by atoms with Crippen molar-refractivity contribution in [3.8, 4) is 0 Å². The van der Waals surface area contributed by atoms with Gasteiger partial charge in [-0.15, -0.1) is 16.4 Å². The summed E-state index contributed by atoms with van der Waals surface area (Å²) in [7, 11) is 0. The van der Waals surface area contributed by atoms with Crippen molar-refractivity contribution in [3.05, 3.63) is 69.4 Å². The quantitative estimate of drug-likeness (QED) is 0.739. The van der Waals surface area contributed by atoms with Gasteiger partial charge in [0.2, 0.25) is 0 Å². The lowest BCUT2D eigenvalue weighted by atomic mass is 10.2. The number of nitrogens with one attached hydrogen (secondary N) is 1. The van der Waals surface area contributed by atoms with Crippen molar-refractivity contribution in [2.75, 3.05) is 0 Å². The first-order valence-electron chi connectivity index (χ1n) is 7.94. The Morgan fingerprint density at radius 1 is 1.28 bits per heavy atom. The molecule has 0 aliphatic carbocycles. The van der Waals surface area contributed by atoms with Gasteiger partial charge in [-0.1, -0.05) is 47.7 Å². The summed E-state index contributed by atoms with van der Waals surface area (Å²) >= 11 is 1.59. The molecule has 3 rings (SSSR count). The minimum Gasteiger partial charge on any atom is -0.344 e. The summed E-state index contributed by atoms with van der Waals surface area (Å²) in [6, 6.07) is 10.0. The van der Waals surface area contributed by atoms with Gasteiger partial charge in [-0.05, 0) is 19.4 Å². The van der Waals surface area contributed by atoms with Gasteiger partial charge in [-0.3, -0.25) is 4.79 Å². The van der Waals surface area contributed by atoms with Gasteiger partial charge in [-0.2, -0.15) is 0 Å². The third-order valence-corrected chi connectivity index (χ3v) is 4.72. The van der Waals surface area contributed by atoms with E-state index in [1.165, 1.54) is 4.88 Å². The van der Waals surface area contributed by atoms with Crippen LogP contribution < -0.4 is 5.32 Å². The van der Waals surface area contributed by atoms with Gasteiger partial charge in [0.25, 0.3) is 5.91 Å². The molecule has 0 unspecified atom stereocenters. The molecule has 0 bridgehead atoms. The van der Waals surface area contributed by atoms with Crippen LogP contribution in [-0.2, 0) is 13.1 Å². The number of benzene rings is 1. The maximum absolute atomic E-state index is 12.2. The van der Waals surface area contributed by atoms with Gasteiger partial charge in [0, 0.05) is 4.88 Å². The molecule has 0 saturated carbocycles. The first-order chi connectivity index (χ1) is 12.1. The first kappa shape index (κ1) is 17.0. The van der Waals surface area contributed by atoms with Crippen molar-refractivity contribution >= 4 is 23.3 Å². The number of hydrogen-bond donors (Lipinski definition) is 1. The largest absolute Gasteiger partial charge is 0.344 e. The third kappa shape index (κ3) is 4.60. The Kier molecular flexibility index (Phi) is 5.35. The predicted molar refractivity (Wildman–Crippen MR) is 98.3 cm³/mol. The van der Waals surface area contributed by atoms with Crippen molar-refractivity contribution in [1.29, 1.82) is 0 Å². The molecule has 0 saturated heterocycles. The topological polar surface area (TPSA) is 72.7 Å². The molecule has 0 aliphatic heterocycles. The van der Waals surface area contributed by atoms with Crippen molar-refractivity contribution in [3.63, 3.8) is 0 Å². The van der Waals surface area contributed by atoms with E-state index in [4.69, 9.17) is 0 Å². The lowest BCUT2D eigenvalue weighted by Crippen LogP contribution is -2.23. The smallest absolute Gasteiger partial charge is 0.273 e. The zero-order valence-corrected chi connectivity index (χ0v) is 15.0. The molecule has 1 amide bonds. The van der Waals surface area contributed by atoms with E-state index in [2.05, 4.69) is 20.6 Å². The molecular weight excluding hydrogens is 334 g/mol. The van der Waals surface area contributed by atoms with E-state index in [0.29, 0.717) is 18.8 Å². The van der Waals surface area contributed by atoms with Gasteiger partial charge < -0.3 is 5.32 Å². The highest BCUT2D eigenvalue weighted by Crippen LogP contribution is 2.16. The average molecular weight is 353 g/mol. The zero-order chi connectivity index (χ0) is 17.6. The summed E-state index contributed by atoms with van der Waals surface area (Å²) in [4.78, 5) is 17.7. The van der Waals surface area contributed by atoms with Crippen LogP contribution in [0.1, 0.15) is 31.6 Å². The van der Waals surface area contributed by atoms with E-state index >= 15 is 0 Å². The number of amides is 1. The Hall–Kier alpha value is -2.80. The number of aromatic nitrogens is 4. The lowest BCUT2D eigenvalue weighted by Gasteiger charge is -1.98. The van der Waals surface area contributed by atoms with Crippen molar-refractivity contribution in [1.82, 2.24) is 25.3 Å². The maximum Gasteiger partial charge on any atom is 0.273 e. The lowest BCUT2D eigenvalue weighted by molar-refractivity contribution is 0.0945. The summed E-state index contributed by atoms with van der Waals surface area (Å²) in [5, 5.41) is 11.6. The van der Waals surface area contributed by atoms with E-state index in [1.807, 2.05) is 56.3 Å². The second-order valence-electron chi connectivity index (χ2n) is 5.57. The Labute approximate surface area is 150 Å². The molecule has 2 aromatic heterocycles. The Morgan fingerprint density at radius 3 is 2.80 bits per heavy atom. The average Bonchev–Trinajstić information content (AvgIpc) is 3.21. The van der Waals surface area contributed by atoms with Gasteiger partial charge in [0.15, 0.2) is 5.69 Å². The van der Waals surface area contributed by atoms with Crippen molar-refractivity contribution in [2.45, 2.75) is 26.9 Å². The number of thiazole rings is 1. The monoisotopic (exact) mass is 353 g/mol. The number of allylic oxidation sites excluding steroid dienone is 1. The number of carbonyl (C=O) groups excluding carboxylic acids is 1. The van der Waals surface area contributed by atoms with Crippen LogP contribution in [0.3, 0.4) is 0 Å². The van der Waals surface area contributed by atoms with Crippen LogP contribution in [0, 0.1) is 13.8 Å². The molecule has 3 aromatic rings. The summed E-state index contributed by atoms with van der Waals surface area (Å²) in [6.07, 6.45) is 5.63. The van der Waals surface area contributed by atoms with Crippen LogP contribution in [-0.4, -0.2) is 25.9 Å². The molecule has 1 aromatic carbocycles. The van der Waals surface area contributed by atoms with E-state index < -0.39 is 0 Å². The molecule has 0 spiro atoms. The summed E-state index contributed by atoms with van der Waals surface area (Å²) in [5.74, 6) is -0.246. The molecule has 7 heteroatoms. The SMILES string of the molecule is Cc1nc(CNC(=O)c2cn(C/C=C/c3ccccc3)nn2)sc1C. The Morgan fingerprint density at radius 2 is 2.08 bits per heavy atom. The van der Waals surface area contributed by atoms with Crippen LogP contribution in [0.2, 0.25) is 0 Å². The van der Waals surface area contributed by atoms with Gasteiger partial charge in [0.1, 0.15) is 5.01 Å². The molecule has 0 atom stereocenters. The molecular formula is C18H19N5OS. The zero-order valence-electron chi connectivity index (χ0n) is 14.1. The fourth-order valence-corrected chi connectivity index (χ4v) is 3.09. The van der Waals surface area contributed by atoms with E-state index in [0.717, 1.165) is 16.3 Å². The fourth-order valence-electron chi connectivity index (χ4n) is 2.21. The van der Waals surface area contributed by atoms with Crippen LogP contribution in [0.25, 0.3) is 6.08 Å². The van der Waals surface area contributed by atoms with Crippen LogP contribution in [0.15, 0.2) is 42.6 Å². The molecule has 25 heavy (non-hydrogen) atoms. The summed E-state index contributed by atoms with van der Waals surface area (Å²) < 4.78 is 1.63. The number of hydrogen-bond acceptors (Lipinski definition) is 5. The van der Waals surface area contributed by atoms with E-state index in [1.54, 1.807) is 22.2 Å². The Balaban J connectivity index is 1.53. The van der Waals surface area contributed by atoms with Gasteiger partial charge in [-0.25, -0.2) is 9.67 Å². The van der Waals surface area contributed by atoms with E-state index in [-0.39, 0.29) is 5.91 Å². The molecule has 1 N–H and O–H groups in total. The minimum atomic E-state index is -0.246. The second-order valence-corrected chi connectivity index (χ2v) is 6.86. The molecule has 0 fully saturated rings. The molecule has 128 valence electrons. The second kappa shape index (κ2) is 7.85. The standard InChI is InChI=1S/C18H19N5OS/c1-13-14(2)25-17(20-13)11-19-18(24)16-12-23(22-21-16)10-6-9-15-7-4-3-5-8-15/h3-9,12H,10-11H2,1-2H3,(H,19,24)/b9-6+. The highest BCUT2D eigenvalue weighted by Gasteiger charge is 2.11. The number of nitrogens with zero attached hydrogens (tertiary/aromatic N) is 4. The number of rotatable bonds is 6. The first-order valence-corrected chi connectivity index (χ1v) is 8.76. The van der Waals surface area contributed by atoms with Crippen molar-refractivity contribution < 1.29 is 4.79 Å². The molecule has 0 radical (unpaired) electrons. The highest BCUT2D eigenvalue weighted by atomic mass is 32.1. The maximum atomic E-state index is 12.2. The summed E-state index contributed by atoms with van der Waals surface area (Å²) in [5.41, 5.74) is 2.43. The number of aryl methyl sites for hydroxylation is 2. The Bertz CT molecular complexity index is 863. The molecule has 6 nitrogen and oxygen atoms in total. The molecule has 0 aliphatic rings. The van der Waals surface area contributed by atoms with Gasteiger partial charge in [0.05, 0.1) is 25.0 Å². The van der Waals surface area contributed by atoms with Crippen molar-refractivity contribution in [2.24, 2.45) is 0 Å². The van der Waals surface area contributed by atoms with E-state index in [9.17, 15) is 4.79 Å². The third-order valence-electron chi connectivity index (χ3n) is 3.65. The number of carbonyl (C=O) groups is 1. The molecule has 2 heterocycles. The summed E-state index contributed by atoms with van der Waals surface area (Å²) in [6.45, 7) is 4.94. The normalized spacial score (nSPS) is 11.1. The minimum absolute atomic E-state index is 0.246. The van der Waals surface area contributed by atoms with Gasteiger partial charge >= 0.3 is 0 Å².